The van der Waals surface area contributed by atoms with Gasteiger partial charge in [0.2, 0.25) is 0 Å². The molecule has 4 atom stereocenters. The van der Waals surface area contributed by atoms with Gasteiger partial charge in [-0.3, -0.25) is 0 Å². The van der Waals surface area contributed by atoms with E-state index in [-0.39, 0.29) is 11.9 Å². The van der Waals surface area contributed by atoms with Gasteiger partial charge in [-0.25, -0.2) is 9.37 Å². The summed E-state index contributed by atoms with van der Waals surface area (Å²) < 4.78 is 15.9. The highest BCUT2D eigenvalue weighted by Crippen LogP contribution is 2.52. The van der Waals surface area contributed by atoms with Gasteiger partial charge in [0.05, 0.1) is 5.52 Å². The Balaban J connectivity index is 1.88. The van der Waals surface area contributed by atoms with E-state index in [1.165, 1.54) is 25.3 Å². The van der Waals surface area contributed by atoms with Gasteiger partial charge in [0.1, 0.15) is 11.3 Å². The predicted octanol–water partition coefficient (Wildman–Crippen LogP) is 2.55. The maximum atomic E-state index is 13.8. The fraction of sp³-hybridized carbons (Fsp3) is 0.533. The summed E-state index contributed by atoms with van der Waals surface area (Å²) in [6.07, 6.45) is 3.72. The molecule has 100 valence electrons. The van der Waals surface area contributed by atoms with Crippen molar-refractivity contribution in [3.63, 3.8) is 0 Å². The lowest BCUT2D eigenvalue weighted by Crippen LogP contribution is -2.35. The number of fused-ring (bicyclic) bond motifs is 3. The molecular weight excluding hydrogens is 241 g/mol. The van der Waals surface area contributed by atoms with E-state index in [4.69, 9.17) is 5.73 Å². The van der Waals surface area contributed by atoms with Crippen LogP contribution in [0.25, 0.3) is 11.0 Å². The van der Waals surface area contributed by atoms with Crippen LogP contribution in [-0.2, 0) is 7.05 Å². The molecule has 0 amide bonds. The maximum Gasteiger partial charge on any atom is 0.151 e. The van der Waals surface area contributed by atoms with Crippen molar-refractivity contribution < 1.29 is 4.39 Å². The van der Waals surface area contributed by atoms with Crippen LogP contribution in [0.5, 0.6) is 0 Å². The van der Waals surface area contributed by atoms with Crippen LogP contribution in [0.3, 0.4) is 0 Å². The molecule has 0 radical (unpaired) electrons. The predicted molar refractivity (Wildman–Crippen MR) is 72.2 cm³/mol. The summed E-state index contributed by atoms with van der Waals surface area (Å²) in [4.78, 5) is 4.57. The van der Waals surface area contributed by atoms with E-state index < -0.39 is 0 Å². The van der Waals surface area contributed by atoms with Crippen molar-refractivity contribution in [3.05, 3.63) is 29.8 Å². The average Bonchev–Trinajstić information content (AvgIpc) is 3.05. The Kier molecular flexibility index (Phi) is 2.28. The van der Waals surface area contributed by atoms with Crippen molar-refractivity contribution in [2.45, 2.75) is 31.2 Å². The second kappa shape index (κ2) is 3.79. The minimum absolute atomic E-state index is 0.192. The van der Waals surface area contributed by atoms with Gasteiger partial charge in [0.25, 0.3) is 0 Å². The molecule has 2 fully saturated rings. The van der Waals surface area contributed by atoms with Gasteiger partial charge >= 0.3 is 0 Å². The number of nitrogens with zero attached hydrogens (tertiary/aromatic N) is 2. The molecule has 19 heavy (non-hydrogen) atoms. The molecule has 1 aromatic heterocycles. The van der Waals surface area contributed by atoms with Crippen LogP contribution in [0.15, 0.2) is 18.2 Å². The molecule has 1 heterocycles. The number of nitrogens with two attached hydrogens (primary N) is 1. The number of aromatic nitrogens is 2. The molecular formula is C15H18FN3. The van der Waals surface area contributed by atoms with E-state index in [0.29, 0.717) is 23.3 Å². The van der Waals surface area contributed by atoms with Gasteiger partial charge in [0, 0.05) is 19.0 Å². The SMILES string of the molecule is Cn1c(C2C3CCC(C3)C2N)nc2c(F)cccc21. The number of hydrogen-bond donors (Lipinski definition) is 1. The van der Waals surface area contributed by atoms with Crippen molar-refractivity contribution in [2.24, 2.45) is 24.6 Å². The molecule has 4 heteroatoms. The Morgan fingerprint density at radius 1 is 1.32 bits per heavy atom. The Hall–Kier alpha value is -1.42. The first kappa shape index (κ1) is 11.4. The number of aryl methyl sites for hydroxylation is 1. The van der Waals surface area contributed by atoms with Crippen molar-refractivity contribution in [1.82, 2.24) is 9.55 Å². The Morgan fingerprint density at radius 2 is 2.11 bits per heavy atom. The third kappa shape index (κ3) is 1.43. The quantitative estimate of drug-likeness (QED) is 0.855. The summed E-state index contributed by atoms with van der Waals surface area (Å²) in [6.45, 7) is 0. The van der Waals surface area contributed by atoms with E-state index >= 15 is 0 Å². The van der Waals surface area contributed by atoms with Gasteiger partial charge in [-0.2, -0.15) is 0 Å². The molecule has 2 N–H and O–H groups in total. The Morgan fingerprint density at radius 3 is 2.79 bits per heavy atom. The standard InChI is InChI=1S/C15H18FN3/c1-19-11-4-2-3-10(16)14(11)18-15(19)12-8-5-6-9(7-8)13(12)17/h2-4,8-9,12-13H,5-7,17H2,1H3. The minimum Gasteiger partial charge on any atom is -0.331 e. The summed E-state index contributed by atoms with van der Waals surface area (Å²) in [7, 11) is 1.98. The molecule has 2 bridgehead atoms. The lowest BCUT2D eigenvalue weighted by molar-refractivity contribution is 0.350. The van der Waals surface area contributed by atoms with Crippen LogP contribution in [0.2, 0.25) is 0 Å². The zero-order chi connectivity index (χ0) is 13.1. The normalized spacial score (nSPS) is 33.4. The second-order valence-electron chi connectivity index (χ2n) is 6.07. The summed E-state index contributed by atoms with van der Waals surface area (Å²) in [5, 5.41) is 0. The number of benzene rings is 1. The maximum absolute atomic E-state index is 13.8. The molecule has 0 spiro atoms. The molecule has 2 saturated carbocycles. The van der Waals surface area contributed by atoms with Crippen LogP contribution >= 0.6 is 0 Å². The van der Waals surface area contributed by atoms with Crippen LogP contribution in [0.1, 0.15) is 31.0 Å². The Labute approximate surface area is 111 Å². The largest absolute Gasteiger partial charge is 0.331 e. The highest BCUT2D eigenvalue weighted by Gasteiger charge is 2.48. The first-order valence-electron chi connectivity index (χ1n) is 7.03. The van der Waals surface area contributed by atoms with E-state index in [1.54, 1.807) is 6.07 Å². The highest BCUT2D eigenvalue weighted by molar-refractivity contribution is 5.76. The molecule has 2 aromatic rings. The summed E-state index contributed by atoms with van der Waals surface area (Å²) >= 11 is 0. The van der Waals surface area contributed by atoms with E-state index in [9.17, 15) is 4.39 Å². The van der Waals surface area contributed by atoms with Crippen LogP contribution in [0, 0.1) is 17.7 Å². The highest BCUT2D eigenvalue weighted by atomic mass is 19.1. The average molecular weight is 259 g/mol. The van der Waals surface area contributed by atoms with Gasteiger partial charge in [-0.05, 0) is 43.2 Å². The van der Waals surface area contributed by atoms with Crippen molar-refractivity contribution in [3.8, 4) is 0 Å². The molecule has 1 aromatic carbocycles. The van der Waals surface area contributed by atoms with Gasteiger partial charge in [0.15, 0.2) is 5.82 Å². The summed E-state index contributed by atoms with van der Waals surface area (Å²) in [6, 6.07) is 5.33. The van der Waals surface area contributed by atoms with Crippen molar-refractivity contribution in [1.29, 1.82) is 0 Å². The minimum atomic E-state index is -0.240. The van der Waals surface area contributed by atoms with Gasteiger partial charge in [-0.15, -0.1) is 0 Å². The molecule has 0 saturated heterocycles. The monoisotopic (exact) mass is 259 g/mol. The molecule has 4 rings (SSSR count). The fourth-order valence-electron chi connectivity index (χ4n) is 4.22. The summed E-state index contributed by atoms with van der Waals surface area (Å²) in [5.74, 6) is 2.31. The van der Waals surface area contributed by atoms with Gasteiger partial charge < -0.3 is 10.3 Å². The smallest absolute Gasteiger partial charge is 0.151 e. The second-order valence-corrected chi connectivity index (χ2v) is 6.07. The number of rotatable bonds is 1. The van der Waals surface area contributed by atoms with Crippen LogP contribution < -0.4 is 5.73 Å². The molecule has 3 nitrogen and oxygen atoms in total. The lowest BCUT2D eigenvalue weighted by Gasteiger charge is -2.27. The van der Waals surface area contributed by atoms with E-state index in [0.717, 1.165) is 11.3 Å². The molecule has 2 aliphatic carbocycles. The van der Waals surface area contributed by atoms with E-state index in [1.807, 2.05) is 17.7 Å². The van der Waals surface area contributed by atoms with Crippen molar-refractivity contribution in [2.75, 3.05) is 0 Å². The first-order valence-corrected chi connectivity index (χ1v) is 7.03. The zero-order valence-corrected chi connectivity index (χ0v) is 11.0. The zero-order valence-electron chi connectivity index (χ0n) is 11.0. The van der Waals surface area contributed by atoms with Gasteiger partial charge in [-0.1, -0.05) is 6.07 Å². The lowest BCUT2D eigenvalue weighted by atomic mass is 9.84. The van der Waals surface area contributed by atoms with Crippen molar-refractivity contribution >= 4 is 11.0 Å². The number of para-hydroxylation sites is 1. The van der Waals surface area contributed by atoms with E-state index in [2.05, 4.69) is 4.98 Å². The fourth-order valence-corrected chi connectivity index (χ4v) is 4.22. The molecule has 4 unspecified atom stereocenters. The number of imidazole rings is 1. The topological polar surface area (TPSA) is 43.8 Å². The summed E-state index contributed by atoms with van der Waals surface area (Å²) in [5.41, 5.74) is 7.73. The van der Waals surface area contributed by atoms with Crippen LogP contribution in [0.4, 0.5) is 4.39 Å². The molecule has 2 aliphatic rings. The third-order valence-electron chi connectivity index (χ3n) is 5.18. The third-order valence-corrected chi connectivity index (χ3v) is 5.18. The first-order chi connectivity index (χ1) is 9.16. The number of halogens is 1. The number of hydrogen-bond acceptors (Lipinski definition) is 2. The Bertz CT molecular complexity index is 646. The molecule has 0 aliphatic heterocycles. The van der Waals surface area contributed by atoms with Crippen LogP contribution in [-0.4, -0.2) is 15.6 Å².